The second-order valence-electron chi connectivity index (χ2n) is 7.61. The first kappa shape index (κ1) is 20.1. The molecular weight excluding hydrogens is 350 g/mol. The number of hydrogen-bond donors (Lipinski definition) is 0. The van der Waals surface area contributed by atoms with Gasteiger partial charge in [0, 0.05) is 44.6 Å². The molecule has 0 unspecified atom stereocenters. The number of anilines is 2. The molecule has 0 fully saturated rings. The van der Waals surface area contributed by atoms with Crippen LogP contribution in [0.3, 0.4) is 0 Å². The Bertz CT molecular complexity index is 830. The number of para-hydroxylation sites is 2. The fourth-order valence-electron chi connectivity index (χ4n) is 3.47. The van der Waals surface area contributed by atoms with Crippen molar-refractivity contribution in [3.63, 3.8) is 0 Å². The molecule has 1 aliphatic heterocycles. The number of carbonyl (C=O) groups excluding carboxylic acids is 2. The first-order valence-electron chi connectivity index (χ1n) is 9.84. The van der Waals surface area contributed by atoms with Gasteiger partial charge >= 0.3 is 0 Å². The summed E-state index contributed by atoms with van der Waals surface area (Å²) in [6.07, 6.45) is 0.476. The third-order valence-electron chi connectivity index (χ3n) is 5.16. The van der Waals surface area contributed by atoms with E-state index in [4.69, 9.17) is 0 Å². The third-order valence-corrected chi connectivity index (χ3v) is 5.16. The second kappa shape index (κ2) is 9.02. The molecule has 0 N–H and O–H groups in total. The summed E-state index contributed by atoms with van der Waals surface area (Å²) in [6.45, 7) is 5.35. The van der Waals surface area contributed by atoms with Crippen LogP contribution in [0.25, 0.3) is 0 Å². The van der Waals surface area contributed by atoms with Crippen LogP contribution in [0.5, 0.6) is 0 Å². The van der Waals surface area contributed by atoms with Crippen molar-refractivity contribution in [3.8, 4) is 0 Å². The number of fused-ring (bicyclic) bond motifs is 1. The largest absolute Gasteiger partial charge is 0.367 e. The molecule has 2 aromatic rings. The number of benzene rings is 2. The average Bonchev–Trinajstić information content (AvgIpc) is 2.70. The first-order chi connectivity index (χ1) is 13.5. The van der Waals surface area contributed by atoms with E-state index < -0.39 is 0 Å². The fraction of sp³-hybridized carbons (Fsp3) is 0.391. The van der Waals surface area contributed by atoms with Crippen LogP contribution in [-0.2, 0) is 4.79 Å². The van der Waals surface area contributed by atoms with Crippen LogP contribution in [0, 0.1) is 6.92 Å². The summed E-state index contributed by atoms with van der Waals surface area (Å²) in [7, 11) is 4.13. The Morgan fingerprint density at radius 3 is 2.29 bits per heavy atom. The topological polar surface area (TPSA) is 43.9 Å². The average molecular weight is 380 g/mol. The Morgan fingerprint density at radius 1 is 0.929 bits per heavy atom. The van der Waals surface area contributed by atoms with Gasteiger partial charge in [-0.3, -0.25) is 9.59 Å². The van der Waals surface area contributed by atoms with Crippen LogP contribution in [0.4, 0.5) is 11.4 Å². The molecule has 1 aliphatic rings. The second-order valence-corrected chi connectivity index (χ2v) is 7.61. The van der Waals surface area contributed by atoms with E-state index in [0.717, 1.165) is 36.6 Å². The van der Waals surface area contributed by atoms with Crippen LogP contribution < -0.4 is 9.80 Å². The van der Waals surface area contributed by atoms with Gasteiger partial charge in [-0.25, -0.2) is 0 Å². The zero-order valence-corrected chi connectivity index (χ0v) is 17.0. The summed E-state index contributed by atoms with van der Waals surface area (Å²) in [6, 6.07) is 15.6. The number of rotatable bonds is 7. The van der Waals surface area contributed by atoms with Crippen molar-refractivity contribution in [2.75, 3.05) is 50.1 Å². The molecule has 0 atom stereocenters. The van der Waals surface area contributed by atoms with Gasteiger partial charge < -0.3 is 14.7 Å². The van der Waals surface area contributed by atoms with Gasteiger partial charge in [0.1, 0.15) is 0 Å². The lowest BCUT2D eigenvalue weighted by atomic mass is 10.0. The molecule has 0 saturated carbocycles. The molecule has 1 heterocycles. The maximum Gasteiger partial charge on any atom is 0.227 e. The highest BCUT2D eigenvalue weighted by molar-refractivity contribution is 6.02. The molecule has 2 aromatic carbocycles. The van der Waals surface area contributed by atoms with Gasteiger partial charge in [0.25, 0.3) is 0 Å². The van der Waals surface area contributed by atoms with Crippen molar-refractivity contribution >= 4 is 23.1 Å². The van der Waals surface area contributed by atoms with E-state index in [1.54, 1.807) is 0 Å². The van der Waals surface area contributed by atoms with Crippen LogP contribution in [0.1, 0.15) is 28.8 Å². The van der Waals surface area contributed by atoms with Gasteiger partial charge in [0.05, 0.1) is 11.4 Å². The highest BCUT2D eigenvalue weighted by Gasteiger charge is 2.26. The Balaban J connectivity index is 1.65. The van der Waals surface area contributed by atoms with Crippen LogP contribution in [0.2, 0.25) is 0 Å². The van der Waals surface area contributed by atoms with E-state index in [9.17, 15) is 9.59 Å². The molecule has 0 radical (unpaired) electrons. The van der Waals surface area contributed by atoms with Crippen molar-refractivity contribution in [2.24, 2.45) is 0 Å². The van der Waals surface area contributed by atoms with Crippen LogP contribution in [0.15, 0.2) is 48.5 Å². The summed E-state index contributed by atoms with van der Waals surface area (Å²) in [5.41, 5.74) is 3.83. The number of carbonyl (C=O) groups is 2. The van der Waals surface area contributed by atoms with Gasteiger partial charge in [0.2, 0.25) is 5.91 Å². The normalized spacial score (nSPS) is 13.6. The standard InChI is InChI=1S/C23H29N3O2/c1-18-8-10-19(11-9-18)22(27)12-13-23(28)26-17-16-25(15-14-24(2)3)20-6-4-5-7-21(20)26/h4-11H,12-17H2,1-3H3. The Hall–Kier alpha value is -2.66. The number of aryl methyl sites for hydroxylation is 1. The van der Waals surface area contributed by atoms with E-state index >= 15 is 0 Å². The van der Waals surface area contributed by atoms with E-state index in [0.29, 0.717) is 12.1 Å². The van der Waals surface area contributed by atoms with Crippen molar-refractivity contribution < 1.29 is 9.59 Å². The van der Waals surface area contributed by atoms with Crippen LogP contribution >= 0.6 is 0 Å². The molecule has 28 heavy (non-hydrogen) atoms. The number of Topliss-reactive ketones (excluding diaryl/α,β-unsaturated/α-hetero) is 1. The Labute approximate surface area is 167 Å². The molecule has 1 amide bonds. The quantitative estimate of drug-likeness (QED) is 0.692. The van der Waals surface area contributed by atoms with Gasteiger partial charge in [-0.1, -0.05) is 42.0 Å². The maximum absolute atomic E-state index is 12.9. The molecule has 0 bridgehead atoms. The molecule has 0 spiro atoms. The van der Waals surface area contributed by atoms with Crippen molar-refractivity contribution in [2.45, 2.75) is 19.8 Å². The SMILES string of the molecule is Cc1ccc(C(=O)CCC(=O)N2CCN(CCN(C)C)c3ccccc32)cc1. The van der Waals surface area contributed by atoms with Gasteiger partial charge in [-0.2, -0.15) is 0 Å². The Morgan fingerprint density at radius 2 is 1.61 bits per heavy atom. The summed E-state index contributed by atoms with van der Waals surface area (Å²) in [5, 5.41) is 0. The minimum absolute atomic E-state index is 0.0140. The van der Waals surface area contributed by atoms with Crippen LogP contribution in [-0.4, -0.2) is 56.9 Å². The number of ketones is 1. The molecule has 0 aromatic heterocycles. The summed E-state index contributed by atoms with van der Waals surface area (Å²) >= 11 is 0. The van der Waals surface area contributed by atoms with Crippen molar-refractivity contribution in [1.82, 2.24) is 4.90 Å². The minimum Gasteiger partial charge on any atom is -0.367 e. The molecular formula is C23H29N3O2. The summed E-state index contributed by atoms with van der Waals surface area (Å²) in [5.74, 6) is 0.0337. The third kappa shape index (κ3) is 4.78. The lowest BCUT2D eigenvalue weighted by molar-refractivity contribution is -0.118. The van der Waals surface area contributed by atoms with Gasteiger partial charge in [0.15, 0.2) is 5.78 Å². The molecule has 0 saturated heterocycles. The number of hydrogen-bond acceptors (Lipinski definition) is 4. The number of likely N-dealkylation sites (N-methyl/N-ethyl adjacent to an activating group) is 1. The van der Waals surface area contributed by atoms with E-state index in [-0.39, 0.29) is 24.5 Å². The highest BCUT2D eigenvalue weighted by Crippen LogP contribution is 2.33. The summed E-state index contributed by atoms with van der Waals surface area (Å²) in [4.78, 5) is 31.6. The lowest BCUT2D eigenvalue weighted by Gasteiger charge is -2.38. The zero-order chi connectivity index (χ0) is 20.1. The predicted molar refractivity (Wildman–Crippen MR) is 114 cm³/mol. The molecule has 5 nitrogen and oxygen atoms in total. The van der Waals surface area contributed by atoms with Gasteiger partial charge in [-0.05, 0) is 33.2 Å². The van der Waals surface area contributed by atoms with E-state index in [1.165, 1.54) is 0 Å². The maximum atomic E-state index is 12.9. The molecule has 0 aliphatic carbocycles. The minimum atomic E-state index is 0.0140. The smallest absolute Gasteiger partial charge is 0.227 e. The summed E-state index contributed by atoms with van der Waals surface area (Å²) < 4.78 is 0. The molecule has 148 valence electrons. The first-order valence-corrected chi connectivity index (χ1v) is 9.84. The van der Waals surface area contributed by atoms with E-state index in [2.05, 4.69) is 30.0 Å². The number of amides is 1. The molecule has 3 rings (SSSR count). The monoisotopic (exact) mass is 379 g/mol. The highest BCUT2D eigenvalue weighted by atomic mass is 16.2. The fourth-order valence-corrected chi connectivity index (χ4v) is 3.47. The van der Waals surface area contributed by atoms with E-state index in [1.807, 2.05) is 54.3 Å². The van der Waals surface area contributed by atoms with Gasteiger partial charge in [-0.15, -0.1) is 0 Å². The zero-order valence-electron chi connectivity index (χ0n) is 17.0. The predicted octanol–water partition coefficient (Wildman–Crippen LogP) is 3.37. The lowest BCUT2D eigenvalue weighted by Crippen LogP contribution is -2.45. The number of nitrogens with zero attached hydrogens (tertiary/aromatic N) is 3. The Kier molecular flexibility index (Phi) is 6.47. The van der Waals surface area contributed by atoms with Crippen molar-refractivity contribution in [1.29, 1.82) is 0 Å². The molecule has 5 heteroatoms. The van der Waals surface area contributed by atoms with Crippen molar-refractivity contribution in [3.05, 3.63) is 59.7 Å².